The largest absolute Gasteiger partial charge is 0.497 e. The molecule has 2 aromatic carbocycles. The maximum Gasteiger partial charge on any atom is 0.191 e. The van der Waals surface area contributed by atoms with Crippen LogP contribution in [0, 0.1) is 0 Å². The molecule has 146 valence electrons. The van der Waals surface area contributed by atoms with E-state index in [2.05, 4.69) is 35.5 Å². The molecule has 1 aliphatic heterocycles. The predicted molar refractivity (Wildman–Crippen MR) is 120 cm³/mol. The first-order valence-corrected chi connectivity index (χ1v) is 8.89. The van der Waals surface area contributed by atoms with E-state index in [1.165, 1.54) is 11.1 Å². The maximum atomic E-state index is 6.10. The zero-order valence-corrected chi connectivity index (χ0v) is 18.6. The Morgan fingerprint density at radius 1 is 1.19 bits per heavy atom. The topological polar surface area (TPSA) is 54.9 Å². The van der Waals surface area contributed by atoms with Gasteiger partial charge in [-0.25, -0.2) is 0 Å². The van der Waals surface area contributed by atoms with Gasteiger partial charge >= 0.3 is 0 Å². The van der Waals surface area contributed by atoms with Gasteiger partial charge in [-0.15, -0.1) is 24.0 Å². The Morgan fingerprint density at radius 2 is 1.89 bits per heavy atom. The molecule has 0 saturated heterocycles. The summed E-state index contributed by atoms with van der Waals surface area (Å²) in [5.41, 5.74) is 2.11. The molecule has 0 bridgehead atoms. The highest BCUT2D eigenvalue weighted by Crippen LogP contribution is 2.39. The van der Waals surface area contributed by atoms with E-state index in [0.29, 0.717) is 6.54 Å². The zero-order chi connectivity index (χ0) is 18.6. The van der Waals surface area contributed by atoms with Crippen LogP contribution in [-0.4, -0.2) is 25.7 Å². The van der Waals surface area contributed by atoms with E-state index in [9.17, 15) is 0 Å². The Kier molecular flexibility index (Phi) is 7.35. The van der Waals surface area contributed by atoms with Gasteiger partial charge in [0.05, 0.1) is 13.2 Å². The molecule has 0 fully saturated rings. The van der Waals surface area contributed by atoms with Crippen molar-refractivity contribution in [3.05, 3.63) is 59.7 Å². The Morgan fingerprint density at radius 3 is 2.56 bits per heavy atom. The number of nitrogens with one attached hydrogen (secondary N) is 2. The fraction of sp³-hybridized carbons (Fsp3) is 0.381. The molecule has 2 aromatic rings. The number of para-hydroxylation sites is 1. The molecule has 27 heavy (non-hydrogen) atoms. The van der Waals surface area contributed by atoms with Crippen LogP contribution in [0.3, 0.4) is 0 Å². The molecule has 0 saturated carbocycles. The van der Waals surface area contributed by atoms with Crippen molar-refractivity contribution in [2.24, 2.45) is 4.99 Å². The molecule has 3 rings (SSSR count). The SMILES string of the molecule is CN=C(NCc1ccc(OC)cc1)NC1CC(C)(C)Oc2ccccc21.I. The molecular weight excluding hydrogens is 453 g/mol. The van der Waals surface area contributed by atoms with Crippen LogP contribution < -0.4 is 20.1 Å². The van der Waals surface area contributed by atoms with Gasteiger partial charge in [-0.05, 0) is 37.6 Å². The van der Waals surface area contributed by atoms with Gasteiger partial charge in [0.25, 0.3) is 0 Å². The van der Waals surface area contributed by atoms with Crippen LogP contribution in [0.2, 0.25) is 0 Å². The van der Waals surface area contributed by atoms with Crippen LogP contribution in [0.4, 0.5) is 0 Å². The van der Waals surface area contributed by atoms with Crippen molar-refractivity contribution in [3.63, 3.8) is 0 Å². The van der Waals surface area contributed by atoms with Gasteiger partial charge in [0.2, 0.25) is 0 Å². The van der Waals surface area contributed by atoms with Crippen molar-refractivity contribution in [2.75, 3.05) is 14.2 Å². The minimum absolute atomic E-state index is 0. The minimum atomic E-state index is -0.221. The van der Waals surface area contributed by atoms with Gasteiger partial charge < -0.3 is 20.1 Å². The third-order valence-corrected chi connectivity index (χ3v) is 4.53. The van der Waals surface area contributed by atoms with Crippen molar-refractivity contribution >= 4 is 29.9 Å². The first-order valence-electron chi connectivity index (χ1n) is 8.89. The highest BCUT2D eigenvalue weighted by molar-refractivity contribution is 14.0. The van der Waals surface area contributed by atoms with Gasteiger partial charge in [0, 0.05) is 25.6 Å². The van der Waals surface area contributed by atoms with E-state index in [1.54, 1.807) is 14.2 Å². The lowest BCUT2D eigenvalue weighted by molar-refractivity contribution is 0.0694. The van der Waals surface area contributed by atoms with E-state index < -0.39 is 0 Å². The molecule has 0 radical (unpaired) electrons. The molecule has 5 nitrogen and oxygen atoms in total. The highest BCUT2D eigenvalue weighted by Gasteiger charge is 2.33. The summed E-state index contributed by atoms with van der Waals surface area (Å²) in [4.78, 5) is 4.38. The maximum absolute atomic E-state index is 6.10. The van der Waals surface area contributed by atoms with E-state index in [0.717, 1.165) is 23.9 Å². The molecule has 0 amide bonds. The van der Waals surface area contributed by atoms with Gasteiger partial charge in [-0.2, -0.15) is 0 Å². The van der Waals surface area contributed by atoms with Crippen LogP contribution in [-0.2, 0) is 6.54 Å². The Balaban J connectivity index is 0.00000261. The number of hydrogen-bond acceptors (Lipinski definition) is 3. The van der Waals surface area contributed by atoms with Crippen LogP contribution in [0.1, 0.15) is 37.4 Å². The summed E-state index contributed by atoms with van der Waals surface area (Å²) in [6.07, 6.45) is 0.868. The molecule has 2 N–H and O–H groups in total. The molecule has 0 aliphatic carbocycles. The molecule has 1 unspecified atom stereocenters. The quantitative estimate of drug-likeness (QED) is 0.389. The average molecular weight is 481 g/mol. The second-order valence-corrected chi connectivity index (χ2v) is 7.07. The first-order chi connectivity index (χ1) is 12.5. The number of fused-ring (bicyclic) bond motifs is 1. The molecule has 1 atom stereocenters. The fourth-order valence-corrected chi connectivity index (χ4v) is 3.22. The highest BCUT2D eigenvalue weighted by atomic mass is 127. The number of hydrogen-bond donors (Lipinski definition) is 2. The third kappa shape index (κ3) is 5.51. The molecule has 1 heterocycles. The van der Waals surface area contributed by atoms with E-state index in [1.807, 2.05) is 42.5 Å². The summed E-state index contributed by atoms with van der Waals surface area (Å²) < 4.78 is 11.3. The molecule has 0 aromatic heterocycles. The van der Waals surface area contributed by atoms with E-state index in [4.69, 9.17) is 9.47 Å². The average Bonchev–Trinajstić information content (AvgIpc) is 2.64. The summed E-state index contributed by atoms with van der Waals surface area (Å²) in [5, 5.41) is 6.93. The standard InChI is InChI=1S/C21H27N3O2.HI/c1-21(2)13-18(17-7-5-6-8-19(17)26-21)24-20(22-3)23-14-15-9-11-16(25-4)12-10-15;/h5-12,18H,13-14H2,1-4H3,(H2,22,23,24);1H. The third-order valence-electron chi connectivity index (χ3n) is 4.53. The van der Waals surface area contributed by atoms with Crippen LogP contribution in [0.25, 0.3) is 0 Å². The lowest BCUT2D eigenvalue weighted by Gasteiger charge is -2.38. The van der Waals surface area contributed by atoms with Gasteiger partial charge in [0.1, 0.15) is 17.1 Å². The number of methoxy groups -OCH3 is 1. The monoisotopic (exact) mass is 481 g/mol. The Hall–Kier alpha value is -1.96. The Labute approximate surface area is 178 Å². The lowest BCUT2D eigenvalue weighted by atomic mass is 9.90. The van der Waals surface area contributed by atoms with E-state index in [-0.39, 0.29) is 35.6 Å². The smallest absolute Gasteiger partial charge is 0.191 e. The molecular formula is C21H28IN3O2. The number of halogens is 1. The summed E-state index contributed by atoms with van der Waals surface area (Å²) in [7, 11) is 3.46. The second-order valence-electron chi connectivity index (χ2n) is 7.07. The fourth-order valence-electron chi connectivity index (χ4n) is 3.22. The number of benzene rings is 2. The van der Waals surface area contributed by atoms with Crippen LogP contribution in [0.5, 0.6) is 11.5 Å². The van der Waals surface area contributed by atoms with E-state index >= 15 is 0 Å². The van der Waals surface area contributed by atoms with Crippen molar-refractivity contribution < 1.29 is 9.47 Å². The number of aliphatic imine (C=N–C) groups is 1. The normalized spacial score (nSPS) is 17.8. The molecule has 6 heteroatoms. The van der Waals surface area contributed by atoms with Gasteiger partial charge in [0.15, 0.2) is 5.96 Å². The summed E-state index contributed by atoms with van der Waals surface area (Å²) in [6.45, 7) is 4.92. The second kappa shape index (κ2) is 9.30. The van der Waals surface area contributed by atoms with Gasteiger partial charge in [-0.1, -0.05) is 30.3 Å². The summed E-state index contributed by atoms with van der Waals surface area (Å²) >= 11 is 0. The zero-order valence-electron chi connectivity index (χ0n) is 16.3. The summed E-state index contributed by atoms with van der Waals surface area (Å²) in [6, 6.07) is 16.4. The molecule has 1 aliphatic rings. The Bertz CT molecular complexity index is 775. The first kappa shape index (κ1) is 21.3. The van der Waals surface area contributed by atoms with Crippen LogP contribution >= 0.6 is 24.0 Å². The minimum Gasteiger partial charge on any atom is -0.497 e. The van der Waals surface area contributed by atoms with Crippen LogP contribution in [0.15, 0.2) is 53.5 Å². The molecule has 0 spiro atoms. The van der Waals surface area contributed by atoms with Gasteiger partial charge in [-0.3, -0.25) is 4.99 Å². The predicted octanol–water partition coefficient (Wildman–Crippen LogP) is 4.28. The van der Waals surface area contributed by atoms with Crippen molar-refractivity contribution in [2.45, 2.75) is 38.5 Å². The number of guanidine groups is 1. The lowest BCUT2D eigenvalue weighted by Crippen LogP contribution is -2.45. The number of ether oxygens (including phenoxy) is 2. The number of rotatable bonds is 4. The summed E-state index contributed by atoms with van der Waals surface area (Å²) in [5.74, 6) is 2.57. The number of nitrogens with zero attached hydrogens (tertiary/aromatic N) is 1. The van der Waals surface area contributed by atoms with Crippen molar-refractivity contribution in [3.8, 4) is 11.5 Å². The van der Waals surface area contributed by atoms with Crippen molar-refractivity contribution in [1.29, 1.82) is 0 Å². The van der Waals surface area contributed by atoms with Crippen molar-refractivity contribution in [1.82, 2.24) is 10.6 Å².